The number of rotatable bonds is 8. The number of likely N-dealkylation sites (N-methyl/N-ethyl adjacent to an activating group) is 1. The fourth-order valence-corrected chi connectivity index (χ4v) is 1.87. The monoisotopic (exact) mass is 273 g/mol. The van der Waals surface area contributed by atoms with Gasteiger partial charge in [-0.25, -0.2) is 8.78 Å². The molecule has 0 saturated heterocycles. The van der Waals surface area contributed by atoms with E-state index in [0.717, 1.165) is 0 Å². The van der Waals surface area contributed by atoms with E-state index < -0.39 is 12.5 Å². The van der Waals surface area contributed by atoms with Gasteiger partial charge in [-0.15, -0.1) is 0 Å². The van der Waals surface area contributed by atoms with Gasteiger partial charge in [-0.1, -0.05) is 6.92 Å². The Hall–Kier alpha value is -1.36. The molecule has 0 aliphatic carbocycles. The van der Waals surface area contributed by atoms with Crippen molar-refractivity contribution in [2.45, 2.75) is 19.8 Å². The second-order valence-corrected chi connectivity index (χ2v) is 4.25. The van der Waals surface area contributed by atoms with Crippen molar-refractivity contribution < 1.29 is 18.3 Å². The van der Waals surface area contributed by atoms with Gasteiger partial charge in [-0.2, -0.15) is 0 Å². The number of alkyl halides is 1. The van der Waals surface area contributed by atoms with Gasteiger partial charge in [0.05, 0.1) is 6.61 Å². The lowest BCUT2D eigenvalue weighted by Gasteiger charge is -2.17. The third kappa shape index (κ3) is 4.35. The molecule has 0 fully saturated rings. The Kier molecular flexibility index (Phi) is 6.56. The third-order valence-corrected chi connectivity index (χ3v) is 2.73. The van der Waals surface area contributed by atoms with E-state index >= 15 is 0 Å². The number of hydrogen-bond acceptors (Lipinski definition) is 3. The van der Waals surface area contributed by atoms with Crippen molar-refractivity contribution >= 4 is 0 Å². The van der Waals surface area contributed by atoms with Crippen LogP contribution in [0.5, 0.6) is 11.5 Å². The van der Waals surface area contributed by atoms with Crippen molar-refractivity contribution in [3.8, 4) is 11.5 Å². The van der Waals surface area contributed by atoms with Gasteiger partial charge in [0.2, 0.25) is 0 Å². The van der Waals surface area contributed by atoms with Crippen LogP contribution in [-0.2, 0) is 0 Å². The Morgan fingerprint density at radius 1 is 1.32 bits per heavy atom. The predicted molar refractivity (Wildman–Crippen MR) is 71.4 cm³/mol. The molecule has 0 saturated carbocycles. The molecule has 0 aliphatic heterocycles. The first-order chi connectivity index (χ1) is 9.13. The molecule has 0 aromatic heterocycles. The number of benzene rings is 1. The van der Waals surface area contributed by atoms with Crippen molar-refractivity contribution in [3.63, 3.8) is 0 Å². The first-order valence-electron chi connectivity index (χ1n) is 6.43. The Morgan fingerprint density at radius 3 is 2.63 bits per heavy atom. The van der Waals surface area contributed by atoms with Crippen molar-refractivity contribution in [1.82, 2.24) is 5.32 Å². The van der Waals surface area contributed by atoms with Crippen LogP contribution in [0.25, 0.3) is 0 Å². The fourth-order valence-electron chi connectivity index (χ4n) is 1.87. The fraction of sp³-hybridized carbons (Fsp3) is 0.571. The zero-order valence-electron chi connectivity index (χ0n) is 11.6. The minimum absolute atomic E-state index is 0.0295. The molecule has 1 unspecified atom stereocenters. The molecular formula is C14H21F2NO2. The summed E-state index contributed by atoms with van der Waals surface area (Å²) in [6.07, 6.45) is 0. The number of halogens is 2. The lowest BCUT2D eigenvalue weighted by molar-refractivity contribution is 0.258. The lowest BCUT2D eigenvalue weighted by atomic mass is 9.99. The van der Waals surface area contributed by atoms with Crippen molar-refractivity contribution in [2.24, 2.45) is 0 Å². The highest BCUT2D eigenvalue weighted by atomic mass is 19.1. The minimum atomic E-state index is -0.653. The van der Waals surface area contributed by atoms with Crippen LogP contribution in [0.2, 0.25) is 0 Å². The molecule has 3 nitrogen and oxygen atoms in total. The van der Waals surface area contributed by atoms with E-state index in [4.69, 9.17) is 9.47 Å². The first-order valence-corrected chi connectivity index (χ1v) is 6.43. The Balaban J connectivity index is 3.08. The van der Waals surface area contributed by atoms with Crippen molar-refractivity contribution in [3.05, 3.63) is 23.5 Å². The van der Waals surface area contributed by atoms with Gasteiger partial charge in [0.25, 0.3) is 0 Å². The normalized spacial score (nSPS) is 12.3. The van der Waals surface area contributed by atoms with Crippen LogP contribution < -0.4 is 14.8 Å². The molecule has 1 rings (SSSR count). The van der Waals surface area contributed by atoms with Gasteiger partial charge < -0.3 is 14.8 Å². The molecule has 5 heteroatoms. The summed E-state index contributed by atoms with van der Waals surface area (Å²) in [4.78, 5) is 0. The average Bonchev–Trinajstić information content (AvgIpc) is 2.39. The maximum Gasteiger partial charge on any atom is 0.168 e. The van der Waals surface area contributed by atoms with Gasteiger partial charge in [0.15, 0.2) is 11.6 Å². The van der Waals surface area contributed by atoms with Crippen molar-refractivity contribution in [2.75, 3.05) is 33.5 Å². The standard InChI is InChI=1S/C14H21F2NO2/c1-4-18-11-7-12(10(2)9-17-3)14(16)13(8-11)19-6-5-15/h7-8,10,17H,4-6,9H2,1-3H3. The molecule has 19 heavy (non-hydrogen) atoms. The van der Waals surface area contributed by atoms with Crippen LogP contribution >= 0.6 is 0 Å². The van der Waals surface area contributed by atoms with Crippen LogP contribution in [0.1, 0.15) is 25.3 Å². The molecule has 1 aromatic rings. The third-order valence-electron chi connectivity index (χ3n) is 2.73. The minimum Gasteiger partial charge on any atom is -0.494 e. The summed E-state index contributed by atoms with van der Waals surface area (Å²) in [7, 11) is 1.81. The zero-order valence-corrected chi connectivity index (χ0v) is 11.6. The van der Waals surface area contributed by atoms with E-state index in [1.54, 1.807) is 13.1 Å². The Bertz CT molecular complexity index is 399. The summed E-state index contributed by atoms with van der Waals surface area (Å²) < 4.78 is 36.9. The lowest BCUT2D eigenvalue weighted by Crippen LogP contribution is -2.16. The zero-order chi connectivity index (χ0) is 14.3. The highest BCUT2D eigenvalue weighted by Gasteiger charge is 2.17. The van der Waals surface area contributed by atoms with E-state index in [9.17, 15) is 8.78 Å². The van der Waals surface area contributed by atoms with E-state index in [1.165, 1.54) is 6.07 Å². The Labute approximate surface area is 112 Å². The SMILES string of the molecule is CCOc1cc(OCCF)c(F)c(C(C)CNC)c1. The number of hydrogen-bond donors (Lipinski definition) is 1. The van der Waals surface area contributed by atoms with Crippen LogP contribution in [0.4, 0.5) is 8.78 Å². The van der Waals surface area contributed by atoms with E-state index in [-0.39, 0.29) is 18.3 Å². The van der Waals surface area contributed by atoms with E-state index in [1.807, 2.05) is 13.8 Å². The highest BCUT2D eigenvalue weighted by Crippen LogP contribution is 2.31. The van der Waals surface area contributed by atoms with Gasteiger partial charge in [-0.05, 0) is 31.5 Å². The van der Waals surface area contributed by atoms with E-state index in [0.29, 0.717) is 24.5 Å². The maximum absolute atomic E-state index is 14.3. The molecule has 0 bridgehead atoms. The maximum atomic E-state index is 14.3. The van der Waals surface area contributed by atoms with E-state index in [2.05, 4.69) is 5.32 Å². The van der Waals surface area contributed by atoms with Gasteiger partial charge in [-0.3, -0.25) is 0 Å². The molecule has 0 radical (unpaired) electrons. The smallest absolute Gasteiger partial charge is 0.168 e. The molecule has 108 valence electrons. The second kappa shape index (κ2) is 7.94. The number of nitrogens with one attached hydrogen (secondary N) is 1. The summed E-state index contributed by atoms with van der Waals surface area (Å²) in [5.41, 5.74) is 0.508. The van der Waals surface area contributed by atoms with Crippen LogP contribution in [-0.4, -0.2) is 33.5 Å². The van der Waals surface area contributed by atoms with Crippen molar-refractivity contribution in [1.29, 1.82) is 0 Å². The predicted octanol–water partition coefficient (Wildman–Crippen LogP) is 2.90. The first kappa shape index (κ1) is 15.7. The molecule has 0 heterocycles. The molecule has 1 N–H and O–H groups in total. The molecule has 1 atom stereocenters. The summed E-state index contributed by atoms with van der Waals surface area (Å²) in [5.74, 6) is 0.107. The molecular weight excluding hydrogens is 252 g/mol. The summed E-state index contributed by atoms with van der Waals surface area (Å²) in [5, 5.41) is 3.00. The summed E-state index contributed by atoms with van der Waals surface area (Å²) in [6, 6.07) is 3.13. The van der Waals surface area contributed by atoms with Gasteiger partial charge in [0.1, 0.15) is 19.0 Å². The Morgan fingerprint density at radius 2 is 2.05 bits per heavy atom. The molecule has 0 amide bonds. The largest absolute Gasteiger partial charge is 0.494 e. The highest BCUT2D eigenvalue weighted by molar-refractivity contribution is 5.41. The van der Waals surface area contributed by atoms with Crippen LogP contribution in [0.3, 0.4) is 0 Å². The quantitative estimate of drug-likeness (QED) is 0.790. The summed E-state index contributed by atoms with van der Waals surface area (Å²) >= 11 is 0. The molecule has 1 aromatic carbocycles. The van der Waals surface area contributed by atoms with Crippen LogP contribution in [0.15, 0.2) is 12.1 Å². The van der Waals surface area contributed by atoms with Gasteiger partial charge >= 0.3 is 0 Å². The summed E-state index contributed by atoms with van der Waals surface area (Å²) in [6.45, 7) is 4.06. The topological polar surface area (TPSA) is 30.5 Å². The second-order valence-electron chi connectivity index (χ2n) is 4.25. The van der Waals surface area contributed by atoms with Crippen LogP contribution in [0, 0.1) is 5.82 Å². The molecule has 0 aliphatic rings. The number of ether oxygens (including phenoxy) is 2. The van der Waals surface area contributed by atoms with Gasteiger partial charge in [0, 0.05) is 12.6 Å². The molecule has 0 spiro atoms. The average molecular weight is 273 g/mol.